The number of rotatable bonds is 15. The zero-order valence-corrected chi connectivity index (χ0v) is 35.2. The molecule has 58 heavy (non-hydrogen) atoms. The van der Waals surface area contributed by atoms with Crippen molar-refractivity contribution < 1.29 is 35.3 Å². The predicted octanol–water partition coefficient (Wildman–Crippen LogP) is 6.64. The first-order valence-corrected chi connectivity index (χ1v) is 22.2. The molecule has 0 spiro atoms. The van der Waals surface area contributed by atoms with Gasteiger partial charge in [-0.2, -0.15) is 21.4 Å². The minimum Gasteiger partial charge on any atom is -0.352 e. The second kappa shape index (κ2) is 16.6. The van der Waals surface area contributed by atoms with E-state index in [0.29, 0.717) is 44.1 Å². The Hall–Kier alpha value is -5.16. The fourth-order valence-electron chi connectivity index (χ4n) is 7.75. The van der Waals surface area contributed by atoms with Crippen LogP contribution >= 0.6 is 0 Å². The van der Waals surface area contributed by atoms with E-state index in [1.54, 1.807) is 25.1 Å². The summed E-state index contributed by atoms with van der Waals surface area (Å²) in [5.74, 6) is 0.883. The van der Waals surface area contributed by atoms with E-state index in [1.165, 1.54) is 18.2 Å². The molecule has 4 aromatic rings. The molecule has 6 rings (SSSR count). The summed E-state index contributed by atoms with van der Waals surface area (Å²) < 4.78 is 70.2. The smallest absolute Gasteiger partial charge is 0.294 e. The summed E-state index contributed by atoms with van der Waals surface area (Å²) in [7, 11) is -8.82. The van der Waals surface area contributed by atoms with Gasteiger partial charge in [0.15, 0.2) is 11.5 Å². The van der Waals surface area contributed by atoms with Crippen molar-refractivity contribution in [3.8, 4) is 11.4 Å². The van der Waals surface area contributed by atoms with Gasteiger partial charge in [0.2, 0.25) is 17.4 Å². The van der Waals surface area contributed by atoms with Gasteiger partial charge in [-0.1, -0.05) is 57.5 Å². The van der Waals surface area contributed by atoms with Gasteiger partial charge in [0.25, 0.3) is 20.2 Å². The van der Waals surface area contributed by atoms with Gasteiger partial charge in [0.05, 0.1) is 15.2 Å². The first kappa shape index (κ1) is 42.4. The number of amides is 1. The highest BCUT2D eigenvalue weighted by atomic mass is 32.2. The van der Waals surface area contributed by atoms with Crippen LogP contribution in [0.15, 0.2) is 94.4 Å². The quantitative estimate of drug-likeness (QED) is 0.0658. The number of carbonyl (C=O) groups is 1. The minimum absolute atomic E-state index is 0.0451. The van der Waals surface area contributed by atoms with Crippen molar-refractivity contribution in [3.05, 3.63) is 107 Å². The molecule has 0 bridgehead atoms. The van der Waals surface area contributed by atoms with Crippen molar-refractivity contribution >= 4 is 43.2 Å². The van der Waals surface area contributed by atoms with Gasteiger partial charge in [0, 0.05) is 66.0 Å². The Morgan fingerprint density at radius 2 is 1.47 bits per heavy atom. The number of hydrogen-bond acceptors (Lipinski definition) is 10. The normalized spacial score (nSPS) is 16.6. The van der Waals surface area contributed by atoms with Crippen LogP contribution < -0.4 is 10.2 Å². The number of unbranched alkanes of at least 4 members (excludes halogenated alkanes) is 2. The molecule has 0 radical (unpaired) electrons. The van der Waals surface area contributed by atoms with Crippen molar-refractivity contribution in [2.45, 2.75) is 101 Å². The van der Waals surface area contributed by atoms with Crippen LogP contribution in [0, 0.1) is 6.92 Å². The molecule has 306 valence electrons. The number of fused-ring (bicyclic) bond motifs is 2. The largest absolute Gasteiger partial charge is 0.352 e. The third-order valence-corrected chi connectivity index (χ3v) is 12.5. The molecule has 0 saturated heterocycles. The second-order valence-corrected chi connectivity index (χ2v) is 18.6. The number of nitrogens with zero attached hydrogens (tertiary/aromatic N) is 6. The van der Waals surface area contributed by atoms with Crippen molar-refractivity contribution in [1.29, 1.82) is 0 Å². The molecule has 0 atom stereocenters. The Morgan fingerprint density at radius 1 is 0.828 bits per heavy atom. The van der Waals surface area contributed by atoms with E-state index in [-0.39, 0.29) is 15.7 Å². The number of anilines is 1. The van der Waals surface area contributed by atoms with Crippen LogP contribution in [0.25, 0.3) is 11.4 Å². The summed E-state index contributed by atoms with van der Waals surface area (Å²) in [6, 6.07) is 16.9. The fourth-order valence-corrected chi connectivity index (χ4v) is 8.77. The van der Waals surface area contributed by atoms with Crippen LogP contribution in [0.1, 0.15) is 89.2 Å². The van der Waals surface area contributed by atoms with E-state index < -0.39 is 31.1 Å². The third-order valence-electron chi connectivity index (χ3n) is 10.8. The van der Waals surface area contributed by atoms with Crippen molar-refractivity contribution in [2.24, 2.45) is 0 Å². The minimum atomic E-state index is -4.43. The molecule has 3 aromatic carbocycles. The van der Waals surface area contributed by atoms with Gasteiger partial charge in [-0.15, -0.1) is 20.4 Å². The van der Waals surface area contributed by atoms with Gasteiger partial charge < -0.3 is 10.2 Å². The van der Waals surface area contributed by atoms with Crippen LogP contribution in [-0.2, 0) is 42.4 Å². The maximum atomic E-state index is 12.8. The highest BCUT2D eigenvalue weighted by Gasteiger charge is 2.45. The highest BCUT2D eigenvalue weighted by molar-refractivity contribution is 7.86. The molecule has 1 aromatic heterocycles. The highest BCUT2D eigenvalue weighted by Crippen LogP contribution is 2.49. The Morgan fingerprint density at radius 3 is 2.10 bits per heavy atom. The van der Waals surface area contributed by atoms with E-state index in [1.807, 2.05) is 70.2 Å². The zero-order chi connectivity index (χ0) is 42.0. The van der Waals surface area contributed by atoms with Gasteiger partial charge in [-0.05, 0) is 81.1 Å². The van der Waals surface area contributed by atoms with Gasteiger partial charge in [0.1, 0.15) is 6.54 Å². The van der Waals surface area contributed by atoms with Gasteiger partial charge in [-0.25, -0.2) is 0 Å². The lowest BCUT2D eigenvalue weighted by Crippen LogP contribution is -2.28. The predicted molar refractivity (Wildman–Crippen MR) is 221 cm³/mol. The first-order chi connectivity index (χ1) is 27.3. The molecule has 0 saturated carbocycles. The van der Waals surface area contributed by atoms with E-state index in [0.717, 1.165) is 64.3 Å². The lowest BCUT2D eigenvalue weighted by atomic mass is 9.81. The number of hydrogen-bond donors (Lipinski definition) is 3. The molecule has 14 nitrogen and oxygen atoms in total. The Bertz CT molecular complexity index is 2530. The number of aryl methyl sites for hydroxylation is 1. The van der Waals surface area contributed by atoms with E-state index in [2.05, 4.69) is 42.1 Å². The van der Waals surface area contributed by atoms with E-state index in [4.69, 9.17) is 0 Å². The average Bonchev–Trinajstić information content (AvgIpc) is 3.51. The molecule has 3 heterocycles. The molecular formula is C42H50N7O7S2+. The van der Waals surface area contributed by atoms with Gasteiger partial charge in [-0.3, -0.25) is 13.9 Å². The molecular weight excluding hydrogens is 779 g/mol. The lowest BCUT2D eigenvalue weighted by molar-refractivity contribution is -0.437. The number of aromatic nitrogens is 4. The summed E-state index contributed by atoms with van der Waals surface area (Å²) in [5.41, 5.74) is 5.69. The Balaban J connectivity index is 1.15. The molecule has 2 aliphatic rings. The molecule has 2 aliphatic heterocycles. The SMILES string of the molecule is CCC[N+]1=C(/C=C/C=C2/N(CCCCCC(=O)NCc3ccc(-c4nnc(C)nn4)cc3)c3ccc(S(=O)(=O)O)cc3C2(C)C)C(C)(C)c2cc(S(=O)(=O)O)ccc21. The van der Waals surface area contributed by atoms with Crippen LogP contribution in [0.2, 0.25) is 0 Å². The average molecular weight is 829 g/mol. The van der Waals surface area contributed by atoms with Crippen LogP contribution in [0.5, 0.6) is 0 Å². The third kappa shape index (κ3) is 8.94. The maximum absolute atomic E-state index is 12.8. The van der Waals surface area contributed by atoms with Crippen LogP contribution in [0.4, 0.5) is 11.4 Å². The fraction of sp³-hybridized carbons (Fsp3) is 0.381. The number of benzene rings is 3. The summed E-state index contributed by atoms with van der Waals surface area (Å²) >= 11 is 0. The Kier molecular flexibility index (Phi) is 12.1. The molecule has 0 unspecified atom stereocenters. The van der Waals surface area contributed by atoms with Crippen molar-refractivity contribution in [3.63, 3.8) is 0 Å². The van der Waals surface area contributed by atoms with Gasteiger partial charge >= 0.3 is 0 Å². The standard InChI is InChI=1S/C42H49N7O7S2/c1-7-23-48-35-21-19-31(57(51,52)53)25-33(35)41(3,4)37(48)12-11-13-38-42(5,6)34-26-32(58(54,55)56)20-22-36(34)49(38)24-10-8-9-14-39(50)43-27-29-15-17-30(18-16-29)40-46-44-28(2)45-47-40/h11-13,15-22,25-26H,7-10,14,23-24,27H2,1-6H3,(H2-,43,50,51,52,53,54,55,56)/p+1. The Labute approximate surface area is 340 Å². The van der Waals surface area contributed by atoms with Crippen molar-refractivity contribution in [1.82, 2.24) is 25.7 Å². The first-order valence-electron chi connectivity index (χ1n) is 19.3. The summed E-state index contributed by atoms with van der Waals surface area (Å²) in [5, 5.41) is 19.0. The van der Waals surface area contributed by atoms with Crippen molar-refractivity contribution in [2.75, 3.05) is 18.0 Å². The van der Waals surface area contributed by atoms with E-state index >= 15 is 0 Å². The van der Waals surface area contributed by atoms with E-state index in [9.17, 15) is 30.7 Å². The number of nitrogens with one attached hydrogen (secondary N) is 1. The molecule has 1 amide bonds. The van der Waals surface area contributed by atoms with Crippen LogP contribution in [-0.4, -0.2) is 75.6 Å². The molecule has 16 heteroatoms. The lowest BCUT2D eigenvalue weighted by Gasteiger charge is -2.27. The monoisotopic (exact) mass is 828 g/mol. The summed E-state index contributed by atoms with van der Waals surface area (Å²) in [6.07, 6.45) is 9.45. The number of carbonyl (C=O) groups excluding carboxylic acids is 1. The topological polar surface area (TPSA) is 196 Å². The molecule has 0 fully saturated rings. The maximum Gasteiger partial charge on any atom is 0.294 e. The molecule has 0 aliphatic carbocycles. The number of allylic oxidation sites excluding steroid dienone is 4. The van der Waals surface area contributed by atoms with Crippen LogP contribution in [0.3, 0.4) is 0 Å². The second-order valence-electron chi connectivity index (χ2n) is 15.7. The zero-order valence-electron chi connectivity index (χ0n) is 33.6. The summed E-state index contributed by atoms with van der Waals surface area (Å²) in [4.78, 5) is 14.6. The summed E-state index contributed by atoms with van der Waals surface area (Å²) in [6.45, 7) is 13.6. The molecule has 3 N–H and O–H groups in total.